The van der Waals surface area contributed by atoms with Gasteiger partial charge >= 0.3 is 0 Å². The predicted octanol–water partition coefficient (Wildman–Crippen LogP) is 5.97. The fraction of sp³-hybridized carbons (Fsp3) is 0.455. The van der Waals surface area contributed by atoms with E-state index in [1.165, 1.54) is 25.7 Å². The Morgan fingerprint density at radius 1 is 1.14 bits per heavy atom. The van der Waals surface area contributed by atoms with Crippen LogP contribution in [0, 0.1) is 5.92 Å². The molecule has 0 unspecified atom stereocenters. The summed E-state index contributed by atoms with van der Waals surface area (Å²) in [5, 5.41) is 7.14. The molecular formula is C22H28BrN5. The van der Waals surface area contributed by atoms with E-state index in [-0.39, 0.29) is 0 Å². The molecule has 0 aromatic carbocycles. The molecule has 5 nitrogen and oxygen atoms in total. The molecule has 0 aliphatic heterocycles. The third kappa shape index (κ3) is 4.02. The van der Waals surface area contributed by atoms with Gasteiger partial charge in [0, 0.05) is 18.3 Å². The Labute approximate surface area is 175 Å². The molecule has 1 saturated carbocycles. The number of pyridine rings is 1. The summed E-state index contributed by atoms with van der Waals surface area (Å²) >= 11 is 3.59. The van der Waals surface area contributed by atoms with Crippen molar-refractivity contribution in [2.24, 2.45) is 5.92 Å². The zero-order valence-electron chi connectivity index (χ0n) is 16.7. The van der Waals surface area contributed by atoms with Crippen molar-refractivity contribution in [2.75, 3.05) is 10.6 Å². The van der Waals surface area contributed by atoms with Crippen LogP contribution >= 0.6 is 15.9 Å². The van der Waals surface area contributed by atoms with Crippen molar-refractivity contribution >= 4 is 33.0 Å². The van der Waals surface area contributed by atoms with E-state index in [0.717, 1.165) is 32.9 Å². The maximum absolute atomic E-state index is 4.65. The Morgan fingerprint density at radius 2 is 1.96 bits per heavy atom. The van der Waals surface area contributed by atoms with Crippen LogP contribution in [0.2, 0.25) is 0 Å². The molecule has 0 bridgehead atoms. The van der Waals surface area contributed by atoms with Crippen molar-refractivity contribution in [3.05, 3.63) is 41.3 Å². The molecule has 3 aromatic rings. The number of rotatable bonds is 5. The van der Waals surface area contributed by atoms with Crippen LogP contribution in [0.15, 0.2) is 41.3 Å². The summed E-state index contributed by atoms with van der Waals surface area (Å²) in [6.07, 6.45) is 11.1. The largest absolute Gasteiger partial charge is 0.382 e. The van der Waals surface area contributed by atoms with E-state index >= 15 is 0 Å². The summed E-state index contributed by atoms with van der Waals surface area (Å²) in [4.78, 5) is 9.29. The lowest BCUT2D eigenvalue weighted by Gasteiger charge is -2.29. The topological polar surface area (TPSA) is 54.2 Å². The van der Waals surface area contributed by atoms with Gasteiger partial charge in [0.05, 0.1) is 39.5 Å². The minimum atomic E-state index is 0.355. The molecule has 3 aromatic heterocycles. The van der Waals surface area contributed by atoms with Crippen molar-refractivity contribution in [3.63, 3.8) is 0 Å². The number of halogens is 1. The van der Waals surface area contributed by atoms with Crippen molar-refractivity contribution < 1.29 is 0 Å². The van der Waals surface area contributed by atoms with Gasteiger partial charge in [-0.2, -0.15) is 0 Å². The smallest absolute Gasteiger partial charge is 0.143 e. The second-order valence-corrected chi connectivity index (χ2v) is 9.00. The standard InChI is InChI=1S/C22H28BrN5/c1-14(2)26-19-10-20(24-12-17(19)23)21-9-8-16-11-25-22(13-28(16)21)27-18-7-5-4-6-15(18)3/h8-15,18,27H,4-7H2,1-3H3,(H,24,26)/t15-,18+/m0/s1. The van der Waals surface area contributed by atoms with Crippen LogP contribution in [0.4, 0.5) is 11.5 Å². The second-order valence-electron chi connectivity index (χ2n) is 8.15. The van der Waals surface area contributed by atoms with Gasteiger partial charge in [-0.05, 0) is 66.7 Å². The average molecular weight is 442 g/mol. The van der Waals surface area contributed by atoms with Crippen molar-refractivity contribution in [1.82, 2.24) is 14.4 Å². The van der Waals surface area contributed by atoms with Gasteiger partial charge in [0.1, 0.15) is 5.82 Å². The maximum Gasteiger partial charge on any atom is 0.143 e. The van der Waals surface area contributed by atoms with E-state index in [9.17, 15) is 0 Å². The number of aromatic nitrogens is 3. The van der Waals surface area contributed by atoms with Crippen molar-refractivity contribution in [1.29, 1.82) is 0 Å². The van der Waals surface area contributed by atoms with Gasteiger partial charge in [-0.3, -0.25) is 4.98 Å². The van der Waals surface area contributed by atoms with Gasteiger partial charge in [0.25, 0.3) is 0 Å². The predicted molar refractivity (Wildman–Crippen MR) is 120 cm³/mol. The molecule has 0 spiro atoms. The Bertz CT molecular complexity index is 965. The molecule has 1 fully saturated rings. The molecule has 28 heavy (non-hydrogen) atoms. The van der Waals surface area contributed by atoms with Crippen molar-refractivity contribution in [2.45, 2.75) is 58.5 Å². The van der Waals surface area contributed by atoms with Crippen LogP contribution in [0.1, 0.15) is 46.5 Å². The van der Waals surface area contributed by atoms with Crippen LogP contribution in [0.5, 0.6) is 0 Å². The van der Waals surface area contributed by atoms with E-state index in [4.69, 9.17) is 0 Å². The van der Waals surface area contributed by atoms with Gasteiger partial charge in [-0.25, -0.2) is 4.98 Å². The number of nitrogens with one attached hydrogen (secondary N) is 2. The molecule has 4 rings (SSSR count). The number of hydrogen-bond acceptors (Lipinski definition) is 4. The number of fused-ring (bicyclic) bond motifs is 1. The van der Waals surface area contributed by atoms with Crippen LogP contribution in [0.3, 0.4) is 0 Å². The summed E-state index contributed by atoms with van der Waals surface area (Å²) < 4.78 is 3.15. The minimum Gasteiger partial charge on any atom is -0.382 e. The van der Waals surface area contributed by atoms with E-state index in [2.05, 4.69) is 86.1 Å². The van der Waals surface area contributed by atoms with Crippen LogP contribution in [0.25, 0.3) is 16.9 Å². The molecule has 2 atom stereocenters. The Hall–Kier alpha value is -2.08. The molecule has 6 heteroatoms. The SMILES string of the molecule is CC(C)Nc1cc(-c2ccc3cnc(N[C@@H]4CCCC[C@@H]4C)cn23)ncc1Br. The van der Waals surface area contributed by atoms with Gasteiger partial charge in [-0.15, -0.1) is 0 Å². The van der Waals surface area contributed by atoms with E-state index in [1.54, 1.807) is 0 Å². The van der Waals surface area contributed by atoms with E-state index in [1.807, 2.05) is 12.4 Å². The van der Waals surface area contributed by atoms with E-state index in [0.29, 0.717) is 18.0 Å². The fourth-order valence-electron chi connectivity index (χ4n) is 4.01. The molecule has 1 aliphatic carbocycles. The van der Waals surface area contributed by atoms with Gasteiger partial charge in [0.2, 0.25) is 0 Å². The second kappa shape index (κ2) is 8.11. The molecule has 3 heterocycles. The lowest BCUT2D eigenvalue weighted by atomic mass is 9.86. The average Bonchev–Trinajstić information content (AvgIpc) is 3.08. The third-order valence-electron chi connectivity index (χ3n) is 5.54. The van der Waals surface area contributed by atoms with Gasteiger partial charge < -0.3 is 15.0 Å². The van der Waals surface area contributed by atoms with Crippen molar-refractivity contribution in [3.8, 4) is 11.4 Å². The Morgan fingerprint density at radius 3 is 2.75 bits per heavy atom. The highest BCUT2D eigenvalue weighted by atomic mass is 79.9. The van der Waals surface area contributed by atoms with Gasteiger partial charge in [0.15, 0.2) is 0 Å². The highest BCUT2D eigenvalue weighted by Crippen LogP contribution is 2.30. The number of hydrogen-bond donors (Lipinski definition) is 2. The Kier molecular flexibility index (Phi) is 5.58. The van der Waals surface area contributed by atoms with E-state index < -0.39 is 0 Å². The lowest BCUT2D eigenvalue weighted by Crippen LogP contribution is -2.30. The molecular weight excluding hydrogens is 414 g/mol. The first-order valence-corrected chi connectivity index (χ1v) is 11.0. The third-order valence-corrected chi connectivity index (χ3v) is 6.18. The molecule has 148 valence electrons. The molecule has 0 saturated heterocycles. The lowest BCUT2D eigenvalue weighted by molar-refractivity contribution is 0.349. The van der Waals surface area contributed by atoms with Crippen LogP contribution in [-0.4, -0.2) is 26.5 Å². The molecule has 2 N–H and O–H groups in total. The first kappa shape index (κ1) is 19.2. The van der Waals surface area contributed by atoms with Crippen LogP contribution < -0.4 is 10.6 Å². The zero-order valence-corrected chi connectivity index (χ0v) is 18.3. The zero-order chi connectivity index (χ0) is 19.7. The summed E-state index contributed by atoms with van der Waals surface area (Å²) in [5.41, 5.74) is 4.13. The highest BCUT2D eigenvalue weighted by Gasteiger charge is 2.21. The summed E-state index contributed by atoms with van der Waals surface area (Å²) in [7, 11) is 0. The first-order chi connectivity index (χ1) is 13.5. The van der Waals surface area contributed by atoms with Crippen LogP contribution in [-0.2, 0) is 0 Å². The summed E-state index contributed by atoms with van der Waals surface area (Å²) in [6.45, 7) is 6.61. The Balaban J connectivity index is 1.66. The number of nitrogens with zero attached hydrogens (tertiary/aromatic N) is 3. The highest BCUT2D eigenvalue weighted by molar-refractivity contribution is 9.10. The monoisotopic (exact) mass is 441 g/mol. The van der Waals surface area contributed by atoms with Gasteiger partial charge in [-0.1, -0.05) is 19.8 Å². The minimum absolute atomic E-state index is 0.355. The summed E-state index contributed by atoms with van der Waals surface area (Å²) in [5.74, 6) is 1.62. The fourth-order valence-corrected chi connectivity index (χ4v) is 4.34. The quantitative estimate of drug-likeness (QED) is 0.511. The summed E-state index contributed by atoms with van der Waals surface area (Å²) in [6, 6.07) is 7.16. The maximum atomic E-state index is 4.65. The number of anilines is 2. The molecule has 1 aliphatic rings. The normalized spacial score (nSPS) is 19.9. The molecule has 0 radical (unpaired) electrons. The molecule has 0 amide bonds. The first-order valence-electron chi connectivity index (χ1n) is 10.2.